The Kier molecular flexibility index (Phi) is 6.81. The minimum Gasteiger partial charge on any atom is -0.361 e. The van der Waals surface area contributed by atoms with Gasteiger partial charge in [-0.15, -0.1) is 0 Å². The predicted molar refractivity (Wildman–Crippen MR) is 124 cm³/mol. The molecule has 0 aliphatic heterocycles. The second-order valence-corrected chi connectivity index (χ2v) is 8.66. The normalized spacial score (nSPS) is 15.6. The zero-order valence-electron chi connectivity index (χ0n) is 18.6. The smallest absolute Gasteiger partial charge is 0.361 e. The van der Waals surface area contributed by atoms with Crippen LogP contribution in [-0.2, 0) is 17.4 Å². The number of aromatic amines is 1. The predicted octanol–water partition coefficient (Wildman–Crippen LogP) is 5.37. The van der Waals surface area contributed by atoms with Crippen molar-refractivity contribution in [1.82, 2.24) is 15.6 Å². The quantitative estimate of drug-likeness (QED) is 0.389. The highest BCUT2D eigenvalue weighted by atomic mass is 19.4. The summed E-state index contributed by atoms with van der Waals surface area (Å²) in [6.45, 7) is 0.393. The Hall–Kier alpha value is -3.49. The van der Waals surface area contributed by atoms with Crippen LogP contribution in [0.5, 0.6) is 0 Å². The lowest BCUT2D eigenvalue weighted by atomic mass is 9.81. The van der Waals surface area contributed by atoms with Crippen molar-refractivity contribution in [2.24, 2.45) is 0 Å². The van der Waals surface area contributed by atoms with Crippen LogP contribution in [0.1, 0.15) is 43.2 Å². The fraction of sp³-hybridized carbons (Fsp3) is 0.360. The number of fused-ring (bicyclic) bond motifs is 1. The summed E-state index contributed by atoms with van der Waals surface area (Å²) in [5, 5.41) is 9.47. The van der Waals surface area contributed by atoms with Crippen molar-refractivity contribution in [3.05, 3.63) is 65.9 Å². The van der Waals surface area contributed by atoms with E-state index in [2.05, 4.69) is 20.9 Å². The molecule has 1 saturated carbocycles. The average Bonchev–Trinajstić information content (AvgIpc) is 3.22. The third kappa shape index (κ3) is 5.35. The van der Waals surface area contributed by atoms with Crippen molar-refractivity contribution in [2.75, 3.05) is 11.9 Å². The van der Waals surface area contributed by atoms with Gasteiger partial charge in [0.05, 0.1) is 5.56 Å². The Morgan fingerprint density at radius 2 is 1.68 bits per heavy atom. The summed E-state index contributed by atoms with van der Waals surface area (Å²) in [4.78, 5) is 29.0. The molecule has 0 radical (unpaired) electrons. The van der Waals surface area contributed by atoms with E-state index in [4.69, 9.17) is 0 Å². The number of hydrogen-bond acceptors (Lipinski definition) is 2. The molecule has 1 aliphatic rings. The van der Waals surface area contributed by atoms with Crippen molar-refractivity contribution >= 4 is 28.5 Å². The molecule has 1 heterocycles. The lowest BCUT2D eigenvalue weighted by Gasteiger charge is -2.36. The third-order valence-electron chi connectivity index (χ3n) is 6.32. The molecule has 0 spiro atoms. The largest absolute Gasteiger partial charge is 0.416 e. The Bertz CT molecular complexity index is 1150. The van der Waals surface area contributed by atoms with Crippen LogP contribution < -0.4 is 16.0 Å². The topological polar surface area (TPSA) is 86.0 Å². The monoisotopic (exact) mass is 472 g/mol. The summed E-state index contributed by atoms with van der Waals surface area (Å²) in [5.41, 5.74) is 0.479. The lowest BCUT2D eigenvalue weighted by Crippen LogP contribution is -2.60. The molecule has 1 aromatic heterocycles. The number of carbonyl (C=O) groups is 2. The first-order valence-electron chi connectivity index (χ1n) is 11.4. The minimum atomic E-state index is -4.44. The van der Waals surface area contributed by atoms with Crippen LogP contribution in [0.3, 0.4) is 0 Å². The summed E-state index contributed by atoms with van der Waals surface area (Å²) in [6.07, 6.45) is 1.54. The number of carbonyl (C=O) groups excluding carboxylic acids is 2. The van der Waals surface area contributed by atoms with Gasteiger partial charge in [0.1, 0.15) is 5.54 Å². The van der Waals surface area contributed by atoms with Gasteiger partial charge in [-0.1, -0.05) is 37.5 Å². The van der Waals surface area contributed by atoms with Crippen LogP contribution in [0.4, 0.5) is 23.7 Å². The molecule has 3 aromatic rings. The maximum atomic E-state index is 13.1. The molecule has 0 bridgehead atoms. The first-order valence-corrected chi connectivity index (χ1v) is 11.4. The number of H-pyrrole nitrogens is 1. The van der Waals surface area contributed by atoms with E-state index in [1.807, 2.05) is 30.5 Å². The summed E-state index contributed by atoms with van der Waals surface area (Å²) in [6, 6.07) is 11.8. The molecule has 1 fully saturated rings. The fourth-order valence-corrected chi connectivity index (χ4v) is 4.47. The van der Waals surface area contributed by atoms with Crippen LogP contribution in [-0.4, -0.2) is 29.0 Å². The van der Waals surface area contributed by atoms with Gasteiger partial charge in [0.15, 0.2) is 0 Å². The number of rotatable bonds is 6. The van der Waals surface area contributed by atoms with Gasteiger partial charge in [-0.3, -0.25) is 4.79 Å². The van der Waals surface area contributed by atoms with Crippen molar-refractivity contribution in [3.8, 4) is 0 Å². The number of para-hydroxylation sites is 1. The number of urea groups is 1. The number of hydrogen-bond donors (Lipinski definition) is 4. The van der Waals surface area contributed by atoms with E-state index in [1.165, 1.54) is 12.1 Å². The van der Waals surface area contributed by atoms with Crippen molar-refractivity contribution in [2.45, 2.75) is 50.2 Å². The average molecular weight is 473 g/mol. The maximum Gasteiger partial charge on any atom is 0.416 e. The zero-order chi connectivity index (χ0) is 24.2. The first-order chi connectivity index (χ1) is 16.3. The molecule has 180 valence electrons. The Balaban J connectivity index is 1.37. The van der Waals surface area contributed by atoms with Gasteiger partial charge in [0.25, 0.3) is 0 Å². The lowest BCUT2D eigenvalue weighted by molar-refractivity contribution is -0.137. The minimum absolute atomic E-state index is 0.254. The highest BCUT2D eigenvalue weighted by Crippen LogP contribution is 2.32. The molecular weight excluding hydrogens is 445 g/mol. The van der Waals surface area contributed by atoms with Crippen LogP contribution in [0.2, 0.25) is 0 Å². The first kappa shape index (κ1) is 23.7. The number of aromatic nitrogens is 1. The molecule has 0 unspecified atom stereocenters. The summed E-state index contributed by atoms with van der Waals surface area (Å²) < 4.78 is 38.4. The molecule has 1 aliphatic carbocycles. The number of amides is 3. The van der Waals surface area contributed by atoms with Gasteiger partial charge in [-0.05, 0) is 55.2 Å². The Morgan fingerprint density at radius 1 is 0.971 bits per heavy atom. The number of benzene rings is 2. The van der Waals surface area contributed by atoms with E-state index >= 15 is 0 Å². The summed E-state index contributed by atoms with van der Waals surface area (Å²) in [7, 11) is 0. The van der Waals surface area contributed by atoms with Gasteiger partial charge in [0.2, 0.25) is 5.91 Å². The van der Waals surface area contributed by atoms with Crippen molar-refractivity contribution in [1.29, 1.82) is 0 Å². The molecule has 9 heteroatoms. The van der Waals surface area contributed by atoms with Gasteiger partial charge < -0.3 is 20.9 Å². The molecule has 4 rings (SSSR count). The molecule has 2 aromatic carbocycles. The van der Waals surface area contributed by atoms with Crippen LogP contribution in [0.15, 0.2) is 54.7 Å². The van der Waals surface area contributed by atoms with Crippen molar-refractivity contribution < 1.29 is 22.8 Å². The van der Waals surface area contributed by atoms with E-state index < -0.39 is 29.2 Å². The highest BCUT2D eigenvalue weighted by molar-refractivity contribution is 6.00. The van der Waals surface area contributed by atoms with Gasteiger partial charge in [0, 0.05) is 29.3 Å². The fourth-order valence-electron chi connectivity index (χ4n) is 4.47. The van der Waals surface area contributed by atoms with E-state index in [0.717, 1.165) is 47.9 Å². The molecule has 3 amide bonds. The van der Waals surface area contributed by atoms with Crippen LogP contribution >= 0.6 is 0 Å². The SMILES string of the molecule is O=C(NCCc1c[nH]c2ccccc12)NC1(C(=O)Nc2ccc(C(F)(F)F)cc2)CCCCC1. The third-order valence-corrected chi connectivity index (χ3v) is 6.32. The molecule has 4 N–H and O–H groups in total. The van der Waals surface area contributed by atoms with Gasteiger partial charge >= 0.3 is 12.2 Å². The van der Waals surface area contributed by atoms with Crippen LogP contribution in [0.25, 0.3) is 10.9 Å². The second kappa shape index (κ2) is 9.79. The van der Waals surface area contributed by atoms with Crippen molar-refractivity contribution in [3.63, 3.8) is 0 Å². The molecular formula is C25H27F3N4O2. The Labute approximate surface area is 195 Å². The molecule has 0 saturated heterocycles. The van der Waals surface area contributed by atoms with Gasteiger partial charge in [-0.2, -0.15) is 13.2 Å². The highest BCUT2D eigenvalue weighted by Gasteiger charge is 2.41. The molecule has 34 heavy (non-hydrogen) atoms. The molecule has 0 atom stereocenters. The van der Waals surface area contributed by atoms with Gasteiger partial charge in [-0.25, -0.2) is 4.79 Å². The van der Waals surface area contributed by atoms with E-state index in [1.54, 1.807) is 0 Å². The number of alkyl halides is 3. The number of halogens is 3. The summed E-state index contributed by atoms with van der Waals surface area (Å²) >= 11 is 0. The Morgan fingerprint density at radius 3 is 2.38 bits per heavy atom. The summed E-state index contributed by atoms with van der Waals surface area (Å²) in [5.74, 6) is -0.418. The maximum absolute atomic E-state index is 13.1. The number of anilines is 1. The van der Waals surface area contributed by atoms with Crippen LogP contribution in [0, 0.1) is 0 Å². The molecule has 6 nitrogen and oxygen atoms in total. The van der Waals surface area contributed by atoms with E-state index in [-0.39, 0.29) is 5.69 Å². The zero-order valence-corrected chi connectivity index (χ0v) is 18.6. The van der Waals surface area contributed by atoms with E-state index in [9.17, 15) is 22.8 Å². The van der Waals surface area contributed by atoms with E-state index in [0.29, 0.717) is 25.8 Å². The standard InChI is InChI=1S/C25H27F3N4O2/c26-25(27,28)18-8-10-19(11-9-18)31-22(33)24(13-4-1-5-14-24)32-23(34)29-15-12-17-16-30-21-7-3-2-6-20(17)21/h2-3,6-11,16,30H,1,4-5,12-15H2,(H,31,33)(H2,29,32,34). The number of nitrogens with one attached hydrogen (secondary N) is 4. The second-order valence-electron chi connectivity index (χ2n) is 8.66.